The van der Waals surface area contributed by atoms with Crippen LogP contribution in [-0.2, 0) is 0 Å². The van der Waals surface area contributed by atoms with E-state index in [2.05, 4.69) is 41.5 Å². The van der Waals surface area contributed by atoms with Gasteiger partial charge in [-0.2, -0.15) is 0 Å². The third kappa shape index (κ3) is 5.42. The largest absolute Gasteiger partial charge is 0.235 e. The topological polar surface area (TPSA) is 14.1 Å². The minimum Gasteiger partial charge on any atom is -0.235 e. The minimum absolute atomic E-state index is 0.593. The molecule has 0 aliphatic rings. The maximum absolute atomic E-state index is 5.20. The van der Waals surface area contributed by atoms with Gasteiger partial charge in [0.1, 0.15) is 0 Å². The van der Waals surface area contributed by atoms with Crippen LogP contribution in [-0.4, -0.2) is 12.1 Å². The number of hydrogen-bond acceptors (Lipinski definition) is 0. The van der Waals surface area contributed by atoms with Crippen LogP contribution >= 0.6 is 0 Å². The van der Waals surface area contributed by atoms with E-state index in [9.17, 15) is 0 Å². The molecular weight excluding hydrogens is 206 g/mol. The first kappa shape index (κ1) is 17.0. The molecule has 0 bridgehead atoms. The number of hydrogen-bond donors (Lipinski definition) is 0. The predicted molar refractivity (Wildman–Crippen MR) is 78.4 cm³/mol. The molecule has 0 heterocycles. The van der Waals surface area contributed by atoms with Crippen molar-refractivity contribution in [3.05, 3.63) is 0 Å². The van der Waals surface area contributed by atoms with Gasteiger partial charge in [0, 0.05) is 12.1 Å². The van der Waals surface area contributed by atoms with Gasteiger partial charge in [-0.3, -0.25) is 0 Å². The van der Waals surface area contributed by atoms with Gasteiger partial charge in [-0.25, -0.2) is 5.32 Å². The van der Waals surface area contributed by atoms with Gasteiger partial charge in [-0.05, 0) is 24.7 Å². The summed E-state index contributed by atoms with van der Waals surface area (Å²) < 4.78 is 0. The Hall–Kier alpha value is -0.0400. The van der Waals surface area contributed by atoms with Crippen LogP contribution in [0.4, 0.5) is 0 Å². The quantitative estimate of drug-likeness (QED) is 0.509. The fourth-order valence-electron chi connectivity index (χ4n) is 3.03. The lowest BCUT2D eigenvalue weighted by Crippen LogP contribution is -2.40. The Kier molecular flexibility index (Phi) is 9.91. The van der Waals surface area contributed by atoms with Gasteiger partial charge in [0.25, 0.3) is 0 Å². The van der Waals surface area contributed by atoms with Crippen molar-refractivity contribution in [3.63, 3.8) is 0 Å². The first-order valence-corrected chi connectivity index (χ1v) is 7.88. The maximum atomic E-state index is 5.20. The van der Waals surface area contributed by atoms with E-state index in [-0.39, 0.29) is 0 Å². The molecule has 1 nitrogen and oxygen atoms in total. The maximum Gasteiger partial charge on any atom is 0.0274 e. The van der Waals surface area contributed by atoms with Crippen LogP contribution in [0.2, 0.25) is 0 Å². The van der Waals surface area contributed by atoms with E-state index in [0.29, 0.717) is 12.1 Å². The fourth-order valence-corrected chi connectivity index (χ4v) is 3.03. The Morgan fingerprint density at radius 2 is 0.824 bits per heavy atom. The van der Waals surface area contributed by atoms with Crippen LogP contribution < -0.4 is 5.32 Å². The standard InChI is InChI=1S/C16H34N/c1-7-13(8-2)15(11-5)17-16(12-6)14(9-3)10-4/h13-16H,7-12H2,1-6H3. The van der Waals surface area contributed by atoms with Crippen molar-refractivity contribution < 1.29 is 0 Å². The van der Waals surface area contributed by atoms with Gasteiger partial charge in [0.05, 0.1) is 0 Å². The first-order valence-electron chi connectivity index (χ1n) is 7.88. The highest BCUT2D eigenvalue weighted by molar-refractivity contribution is 4.81. The summed E-state index contributed by atoms with van der Waals surface area (Å²) in [4.78, 5) is 0. The zero-order valence-electron chi connectivity index (χ0n) is 13.0. The van der Waals surface area contributed by atoms with Gasteiger partial charge < -0.3 is 0 Å². The molecule has 1 heteroatoms. The summed E-state index contributed by atoms with van der Waals surface area (Å²) in [5.41, 5.74) is 0. The Morgan fingerprint density at radius 3 is 1.00 bits per heavy atom. The van der Waals surface area contributed by atoms with Crippen molar-refractivity contribution in [2.45, 2.75) is 92.2 Å². The molecule has 0 saturated heterocycles. The summed E-state index contributed by atoms with van der Waals surface area (Å²) in [6.07, 6.45) is 7.53. The highest BCUT2D eigenvalue weighted by Crippen LogP contribution is 2.23. The molecule has 0 saturated carbocycles. The van der Waals surface area contributed by atoms with Gasteiger partial charge >= 0.3 is 0 Å². The van der Waals surface area contributed by atoms with Crippen LogP contribution in [0, 0.1) is 11.8 Å². The average molecular weight is 240 g/mol. The third-order valence-electron chi connectivity index (χ3n) is 4.41. The van der Waals surface area contributed by atoms with Crippen LogP contribution in [0.15, 0.2) is 0 Å². The summed E-state index contributed by atoms with van der Waals surface area (Å²) in [6, 6.07) is 1.19. The Bertz CT molecular complexity index is 141. The molecular formula is C16H34N. The zero-order valence-corrected chi connectivity index (χ0v) is 13.0. The molecule has 0 spiro atoms. The van der Waals surface area contributed by atoms with Crippen molar-refractivity contribution in [2.24, 2.45) is 11.8 Å². The smallest absolute Gasteiger partial charge is 0.0274 e. The second-order valence-corrected chi connectivity index (χ2v) is 5.25. The molecule has 0 aliphatic heterocycles. The van der Waals surface area contributed by atoms with Crippen molar-refractivity contribution in [3.8, 4) is 0 Å². The van der Waals surface area contributed by atoms with E-state index in [1.54, 1.807) is 0 Å². The highest BCUT2D eigenvalue weighted by Gasteiger charge is 2.24. The van der Waals surface area contributed by atoms with Crippen LogP contribution in [0.3, 0.4) is 0 Å². The van der Waals surface area contributed by atoms with Gasteiger partial charge in [0.2, 0.25) is 0 Å². The monoisotopic (exact) mass is 240 g/mol. The Morgan fingerprint density at radius 1 is 0.529 bits per heavy atom. The molecule has 0 fully saturated rings. The molecule has 0 aromatic heterocycles. The lowest BCUT2D eigenvalue weighted by molar-refractivity contribution is 0.233. The number of nitrogens with zero attached hydrogens (tertiary/aromatic N) is 1. The molecule has 0 amide bonds. The van der Waals surface area contributed by atoms with Gasteiger partial charge in [-0.15, -0.1) is 0 Å². The predicted octanol–water partition coefficient (Wildman–Crippen LogP) is 5.02. The second-order valence-electron chi connectivity index (χ2n) is 5.25. The van der Waals surface area contributed by atoms with E-state index in [1.165, 1.54) is 38.5 Å². The lowest BCUT2D eigenvalue weighted by Gasteiger charge is -2.32. The minimum atomic E-state index is 0.593. The summed E-state index contributed by atoms with van der Waals surface area (Å²) in [5.74, 6) is 1.59. The summed E-state index contributed by atoms with van der Waals surface area (Å²) in [7, 11) is 0. The van der Waals surface area contributed by atoms with E-state index < -0.39 is 0 Å². The molecule has 1 radical (unpaired) electrons. The third-order valence-corrected chi connectivity index (χ3v) is 4.41. The van der Waals surface area contributed by atoms with E-state index in [4.69, 9.17) is 5.32 Å². The molecule has 103 valence electrons. The average Bonchev–Trinajstić information content (AvgIpc) is 2.37. The SMILES string of the molecule is CCC(CC)C(CC)[N]C(CC)C(CC)CC. The molecule has 0 rings (SSSR count). The summed E-state index contributed by atoms with van der Waals surface area (Å²) in [6.45, 7) is 13.8. The Labute approximate surface area is 110 Å². The molecule has 2 unspecified atom stereocenters. The van der Waals surface area contributed by atoms with E-state index >= 15 is 0 Å². The van der Waals surface area contributed by atoms with Gasteiger partial charge in [0.15, 0.2) is 0 Å². The van der Waals surface area contributed by atoms with Crippen LogP contribution in [0.5, 0.6) is 0 Å². The second kappa shape index (κ2) is 9.94. The molecule has 0 aliphatic carbocycles. The van der Waals surface area contributed by atoms with Crippen molar-refractivity contribution in [2.75, 3.05) is 0 Å². The summed E-state index contributed by atoms with van der Waals surface area (Å²) >= 11 is 0. The first-order chi connectivity index (χ1) is 8.18. The number of rotatable bonds is 10. The molecule has 0 aromatic carbocycles. The highest BCUT2D eigenvalue weighted by atomic mass is 15.0. The van der Waals surface area contributed by atoms with Crippen LogP contribution in [0.1, 0.15) is 80.1 Å². The zero-order chi connectivity index (χ0) is 13.3. The van der Waals surface area contributed by atoms with Crippen molar-refractivity contribution >= 4 is 0 Å². The lowest BCUT2D eigenvalue weighted by atomic mass is 9.87. The van der Waals surface area contributed by atoms with E-state index in [1.807, 2.05) is 0 Å². The fraction of sp³-hybridized carbons (Fsp3) is 1.00. The molecule has 2 atom stereocenters. The molecule has 0 aromatic rings. The Balaban J connectivity index is 4.49. The van der Waals surface area contributed by atoms with Gasteiger partial charge in [-0.1, -0.05) is 67.2 Å². The molecule has 0 N–H and O–H groups in total. The normalized spacial score (nSPS) is 15.5. The molecule has 17 heavy (non-hydrogen) atoms. The van der Waals surface area contributed by atoms with Crippen molar-refractivity contribution in [1.29, 1.82) is 0 Å². The van der Waals surface area contributed by atoms with Crippen molar-refractivity contribution in [1.82, 2.24) is 5.32 Å². The summed E-state index contributed by atoms with van der Waals surface area (Å²) in [5, 5.41) is 5.20. The van der Waals surface area contributed by atoms with E-state index in [0.717, 1.165) is 11.8 Å². The van der Waals surface area contributed by atoms with Crippen LogP contribution in [0.25, 0.3) is 0 Å².